The lowest BCUT2D eigenvalue weighted by molar-refractivity contribution is 0.0764. The Balaban J connectivity index is 2.36. The molecule has 96 valence electrons. The van der Waals surface area contributed by atoms with E-state index < -0.39 is 0 Å². The molecule has 0 radical (unpaired) electrons. The molecule has 2 aromatic rings. The summed E-state index contributed by atoms with van der Waals surface area (Å²) in [5, 5.41) is 5.21. The minimum absolute atomic E-state index is 0.240. The van der Waals surface area contributed by atoms with Gasteiger partial charge in [-0.1, -0.05) is 23.2 Å². The highest BCUT2D eigenvalue weighted by atomic mass is 35.5. The van der Waals surface area contributed by atoms with Crippen molar-refractivity contribution in [3.63, 3.8) is 0 Å². The van der Waals surface area contributed by atoms with Crippen LogP contribution >= 0.6 is 35.4 Å². The summed E-state index contributed by atoms with van der Waals surface area (Å²) in [6, 6.07) is 5.07. The number of halogens is 2. The van der Waals surface area contributed by atoms with Crippen LogP contribution < -0.4 is 0 Å². The molecule has 4 nitrogen and oxygen atoms in total. The molecular formula is C11H10Cl2N2O2S. The van der Waals surface area contributed by atoms with Crippen LogP contribution in [0.4, 0.5) is 0 Å². The van der Waals surface area contributed by atoms with Gasteiger partial charge >= 0.3 is 0 Å². The van der Waals surface area contributed by atoms with Crippen LogP contribution in [0.15, 0.2) is 22.6 Å². The Morgan fingerprint density at radius 3 is 2.89 bits per heavy atom. The maximum atomic E-state index is 6.07. The molecule has 0 unspecified atom stereocenters. The second kappa shape index (κ2) is 5.84. The van der Waals surface area contributed by atoms with Crippen molar-refractivity contribution in [1.29, 1.82) is 0 Å². The van der Waals surface area contributed by atoms with Gasteiger partial charge in [0.25, 0.3) is 4.84 Å². The molecule has 0 atom stereocenters. The molecular weight excluding hydrogens is 295 g/mol. The summed E-state index contributed by atoms with van der Waals surface area (Å²) in [6.45, 7) is 2.72. The third-order valence-corrected chi connectivity index (χ3v) is 3.03. The van der Waals surface area contributed by atoms with Crippen molar-refractivity contribution >= 4 is 35.4 Å². The monoisotopic (exact) mass is 304 g/mol. The van der Waals surface area contributed by atoms with Gasteiger partial charge in [-0.2, -0.15) is 4.68 Å². The topological polar surface area (TPSA) is 40.2 Å². The molecule has 2 rings (SSSR count). The van der Waals surface area contributed by atoms with Gasteiger partial charge in [0, 0.05) is 11.6 Å². The van der Waals surface area contributed by atoms with E-state index in [1.54, 1.807) is 18.2 Å². The smallest absolute Gasteiger partial charge is 0.289 e. The van der Waals surface area contributed by atoms with Gasteiger partial charge in [0.1, 0.15) is 6.73 Å². The Morgan fingerprint density at radius 2 is 2.22 bits per heavy atom. The zero-order valence-corrected chi connectivity index (χ0v) is 11.8. The number of hydrogen-bond donors (Lipinski definition) is 0. The standard InChI is InChI=1S/C11H10Cl2N2O2S/c1-2-16-6-15-11(18)17-10(14-15)8-4-3-7(12)5-9(8)13/h3-5H,2,6H2,1H3. The van der Waals surface area contributed by atoms with Crippen molar-refractivity contribution in [2.45, 2.75) is 13.7 Å². The highest BCUT2D eigenvalue weighted by Gasteiger charge is 2.12. The molecule has 1 aromatic heterocycles. The van der Waals surface area contributed by atoms with Crippen LogP contribution in [0.25, 0.3) is 11.5 Å². The number of benzene rings is 1. The Hall–Kier alpha value is -0.880. The van der Waals surface area contributed by atoms with Gasteiger partial charge in [-0.3, -0.25) is 0 Å². The van der Waals surface area contributed by atoms with Crippen LogP contribution in [0.2, 0.25) is 10.0 Å². The van der Waals surface area contributed by atoms with Crippen LogP contribution in [-0.4, -0.2) is 16.4 Å². The Kier molecular flexibility index (Phi) is 4.40. The third-order valence-electron chi connectivity index (χ3n) is 2.19. The fraction of sp³-hybridized carbons (Fsp3) is 0.273. The summed E-state index contributed by atoms with van der Waals surface area (Å²) in [7, 11) is 0. The lowest BCUT2D eigenvalue weighted by atomic mass is 10.2. The summed E-state index contributed by atoms with van der Waals surface area (Å²) in [5.74, 6) is 0.348. The lowest BCUT2D eigenvalue weighted by Crippen LogP contribution is -2.03. The van der Waals surface area contributed by atoms with E-state index in [4.69, 9.17) is 44.6 Å². The molecule has 0 bridgehead atoms. The van der Waals surface area contributed by atoms with E-state index in [0.717, 1.165) is 0 Å². The van der Waals surface area contributed by atoms with E-state index in [0.29, 0.717) is 28.1 Å². The lowest BCUT2D eigenvalue weighted by Gasteiger charge is -1.99. The summed E-state index contributed by atoms with van der Waals surface area (Å²) in [6.07, 6.45) is 0. The van der Waals surface area contributed by atoms with Gasteiger partial charge in [-0.05, 0) is 37.3 Å². The van der Waals surface area contributed by atoms with Crippen molar-refractivity contribution < 1.29 is 9.15 Å². The van der Waals surface area contributed by atoms with Gasteiger partial charge in [0.05, 0.1) is 10.6 Å². The Bertz CT molecular complexity index is 609. The van der Waals surface area contributed by atoms with Gasteiger partial charge in [-0.25, -0.2) is 0 Å². The van der Waals surface area contributed by atoms with Gasteiger partial charge in [0.15, 0.2) is 0 Å². The van der Waals surface area contributed by atoms with Gasteiger partial charge < -0.3 is 9.15 Å². The minimum Gasteiger partial charge on any atom is -0.409 e. The van der Waals surface area contributed by atoms with Crippen LogP contribution in [0.1, 0.15) is 6.92 Å². The molecule has 7 heteroatoms. The van der Waals surface area contributed by atoms with E-state index in [-0.39, 0.29) is 11.6 Å². The quantitative estimate of drug-likeness (QED) is 0.795. The zero-order chi connectivity index (χ0) is 13.1. The first-order valence-corrected chi connectivity index (χ1v) is 6.39. The maximum Gasteiger partial charge on any atom is 0.289 e. The van der Waals surface area contributed by atoms with Gasteiger partial charge in [-0.15, -0.1) is 5.10 Å². The second-order valence-electron chi connectivity index (χ2n) is 3.42. The van der Waals surface area contributed by atoms with E-state index in [9.17, 15) is 0 Å². The summed E-state index contributed by atoms with van der Waals surface area (Å²) in [4.78, 5) is 0.240. The first-order valence-electron chi connectivity index (χ1n) is 5.23. The molecule has 0 saturated carbocycles. The normalized spacial score (nSPS) is 10.8. The van der Waals surface area contributed by atoms with Crippen LogP contribution in [0, 0.1) is 4.84 Å². The number of rotatable bonds is 4. The first kappa shape index (κ1) is 13.5. The summed E-state index contributed by atoms with van der Waals surface area (Å²) in [5.41, 5.74) is 0.641. The van der Waals surface area contributed by atoms with E-state index in [1.165, 1.54) is 4.68 Å². The number of ether oxygens (including phenoxy) is 1. The molecule has 0 aliphatic rings. The molecule has 1 heterocycles. The van der Waals surface area contributed by atoms with Crippen molar-refractivity contribution in [2.24, 2.45) is 0 Å². The highest BCUT2D eigenvalue weighted by Crippen LogP contribution is 2.29. The molecule has 0 aliphatic heterocycles. The third kappa shape index (κ3) is 2.92. The SMILES string of the molecule is CCOCn1nc(-c2ccc(Cl)cc2Cl)oc1=S. The molecule has 0 N–H and O–H groups in total. The molecule has 0 fully saturated rings. The van der Waals surface area contributed by atoms with E-state index in [2.05, 4.69) is 5.10 Å². The predicted octanol–water partition coefficient (Wildman–Crippen LogP) is 4.17. The van der Waals surface area contributed by atoms with Crippen LogP contribution in [0.5, 0.6) is 0 Å². The van der Waals surface area contributed by atoms with Crippen LogP contribution in [0.3, 0.4) is 0 Å². The summed E-state index contributed by atoms with van der Waals surface area (Å²) >= 11 is 16.9. The fourth-order valence-corrected chi connectivity index (χ4v) is 2.00. The van der Waals surface area contributed by atoms with Crippen molar-refractivity contribution in [3.05, 3.63) is 33.1 Å². The highest BCUT2D eigenvalue weighted by molar-refractivity contribution is 7.71. The molecule has 0 amide bonds. The zero-order valence-electron chi connectivity index (χ0n) is 9.52. The molecule has 18 heavy (non-hydrogen) atoms. The van der Waals surface area contributed by atoms with Crippen molar-refractivity contribution in [2.75, 3.05) is 6.61 Å². The summed E-state index contributed by atoms with van der Waals surface area (Å²) < 4.78 is 12.1. The molecule has 1 aromatic carbocycles. The fourth-order valence-electron chi connectivity index (χ4n) is 1.34. The largest absolute Gasteiger partial charge is 0.409 e. The molecule has 0 saturated heterocycles. The van der Waals surface area contributed by atoms with E-state index >= 15 is 0 Å². The Morgan fingerprint density at radius 1 is 1.44 bits per heavy atom. The molecule has 0 aliphatic carbocycles. The van der Waals surface area contributed by atoms with Gasteiger partial charge in [0.2, 0.25) is 5.89 Å². The first-order chi connectivity index (χ1) is 8.61. The Labute approximate surface area is 119 Å². The number of aromatic nitrogens is 2. The molecule has 0 spiro atoms. The number of nitrogens with zero attached hydrogens (tertiary/aromatic N) is 2. The second-order valence-corrected chi connectivity index (χ2v) is 4.61. The maximum absolute atomic E-state index is 6.07. The van der Waals surface area contributed by atoms with E-state index in [1.807, 2.05) is 6.92 Å². The van der Waals surface area contributed by atoms with Crippen LogP contribution in [-0.2, 0) is 11.5 Å². The van der Waals surface area contributed by atoms with Crippen molar-refractivity contribution in [3.8, 4) is 11.5 Å². The van der Waals surface area contributed by atoms with Crippen molar-refractivity contribution in [1.82, 2.24) is 9.78 Å². The predicted molar refractivity (Wildman–Crippen MR) is 72.4 cm³/mol. The minimum atomic E-state index is 0.240. The number of hydrogen-bond acceptors (Lipinski definition) is 4. The average Bonchev–Trinajstić information content (AvgIpc) is 2.68. The average molecular weight is 305 g/mol.